The molecule has 1 unspecified atom stereocenters. The van der Waals surface area contributed by atoms with E-state index in [0.717, 1.165) is 11.5 Å². The molecule has 1 aromatic carbocycles. The highest BCUT2D eigenvalue weighted by molar-refractivity contribution is 7.07. The minimum Gasteiger partial charge on any atom is -0.486 e. The fourth-order valence-corrected chi connectivity index (χ4v) is 2.76. The van der Waals surface area contributed by atoms with E-state index in [0.29, 0.717) is 25.4 Å². The number of nitrogens with zero attached hydrogens (tertiary/aromatic N) is 2. The highest BCUT2D eigenvalue weighted by Crippen LogP contribution is 2.31. The second-order valence-electron chi connectivity index (χ2n) is 4.72. The number of carbonyl (C=O) groups is 1. The van der Waals surface area contributed by atoms with Crippen LogP contribution in [0.5, 0.6) is 11.5 Å². The summed E-state index contributed by atoms with van der Waals surface area (Å²) in [5.74, 6) is 1.41. The summed E-state index contributed by atoms with van der Waals surface area (Å²) in [6.45, 7) is 3.48. The minimum absolute atomic E-state index is 0.0683. The summed E-state index contributed by atoms with van der Waals surface area (Å²) in [6, 6.07) is 7.57. The largest absolute Gasteiger partial charge is 0.486 e. The Labute approximate surface area is 127 Å². The van der Waals surface area contributed by atoms with Gasteiger partial charge in [-0.25, -0.2) is 4.98 Å². The van der Waals surface area contributed by atoms with E-state index in [-0.39, 0.29) is 12.0 Å². The van der Waals surface area contributed by atoms with Gasteiger partial charge >= 0.3 is 0 Å². The van der Waals surface area contributed by atoms with Crippen molar-refractivity contribution < 1.29 is 14.3 Å². The van der Waals surface area contributed by atoms with Gasteiger partial charge < -0.3 is 14.4 Å². The fourth-order valence-electron chi connectivity index (χ4n) is 2.23. The second-order valence-corrected chi connectivity index (χ2v) is 5.43. The number of benzene rings is 1. The molecule has 2 heterocycles. The molecule has 1 amide bonds. The lowest BCUT2D eigenvalue weighted by Gasteiger charge is -2.30. The number of amides is 1. The van der Waals surface area contributed by atoms with Gasteiger partial charge in [0.05, 0.1) is 12.1 Å². The first-order valence-electron chi connectivity index (χ1n) is 6.84. The molecule has 0 aliphatic carbocycles. The number of fused-ring (bicyclic) bond motifs is 1. The van der Waals surface area contributed by atoms with Gasteiger partial charge in [-0.1, -0.05) is 12.1 Å². The lowest BCUT2D eigenvalue weighted by atomic mass is 10.2. The molecule has 0 saturated heterocycles. The molecule has 6 heteroatoms. The number of para-hydroxylation sites is 2. The number of thiazole rings is 1. The van der Waals surface area contributed by atoms with Crippen molar-refractivity contribution in [2.24, 2.45) is 0 Å². The summed E-state index contributed by atoms with van der Waals surface area (Å²) in [7, 11) is 0. The molecule has 0 spiro atoms. The summed E-state index contributed by atoms with van der Waals surface area (Å²) >= 11 is 1.42. The maximum absolute atomic E-state index is 12.3. The molecular formula is C15H16N2O3S. The molecule has 5 nitrogen and oxygen atoms in total. The van der Waals surface area contributed by atoms with Crippen LogP contribution in [0.15, 0.2) is 35.2 Å². The predicted molar refractivity (Wildman–Crippen MR) is 80.0 cm³/mol. The van der Waals surface area contributed by atoms with E-state index in [1.165, 1.54) is 11.3 Å². The molecular weight excluding hydrogens is 288 g/mol. The average molecular weight is 304 g/mol. The minimum atomic E-state index is -0.164. The van der Waals surface area contributed by atoms with Crippen LogP contribution < -0.4 is 9.47 Å². The SMILES string of the molecule is CCN(CC1COc2ccccc2O1)C(=O)c1cscn1. The summed E-state index contributed by atoms with van der Waals surface area (Å²) in [4.78, 5) is 18.1. The van der Waals surface area contributed by atoms with Gasteiger partial charge in [-0.15, -0.1) is 11.3 Å². The first-order chi connectivity index (χ1) is 10.3. The Hall–Kier alpha value is -2.08. The maximum Gasteiger partial charge on any atom is 0.273 e. The third-order valence-electron chi connectivity index (χ3n) is 3.31. The zero-order valence-electron chi connectivity index (χ0n) is 11.7. The molecule has 110 valence electrons. The molecule has 1 aliphatic rings. The Morgan fingerprint density at radius 3 is 2.95 bits per heavy atom. The Bertz CT molecular complexity index is 615. The van der Waals surface area contributed by atoms with Crippen LogP contribution in [0.3, 0.4) is 0 Å². The average Bonchev–Trinajstić information content (AvgIpc) is 3.06. The third kappa shape index (κ3) is 3.00. The van der Waals surface area contributed by atoms with Crippen LogP contribution in [0.25, 0.3) is 0 Å². The molecule has 0 fully saturated rings. The second kappa shape index (κ2) is 6.13. The number of hydrogen-bond donors (Lipinski definition) is 0. The van der Waals surface area contributed by atoms with Crippen LogP contribution >= 0.6 is 11.3 Å². The molecule has 0 bridgehead atoms. The molecule has 1 atom stereocenters. The van der Waals surface area contributed by atoms with Crippen LogP contribution in [-0.2, 0) is 0 Å². The smallest absolute Gasteiger partial charge is 0.273 e. The van der Waals surface area contributed by atoms with Gasteiger partial charge in [0, 0.05) is 11.9 Å². The highest BCUT2D eigenvalue weighted by atomic mass is 32.1. The van der Waals surface area contributed by atoms with E-state index in [1.807, 2.05) is 31.2 Å². The van der Waals surface area contributed by atoms with Crippen LogP contribution in [0.4, 0.5) is 0 Å². The first-order valence-corrected chi connectivity index (χ1v) is 7.78. The van der Waals surface area contributed by atoms with Gasteiger partial charge in [0.25, 0.3) is 5.91 Å². The summed E-state index contributed by atoms with van der Waals surface area (Å²) in [5, 5.41) is 1.76. The van der Waals surface area contributed by atoms with E-state index in [4.69, 9.17) is 9.47 Å². The van der Waals surface area contributed by atoms with E-state index in [9.17, 15) is 4.79 Å². The van der Waals surface area contributed by atoms with Crippen molar-refractivity contribution >= 4 is 17.2 Å². The molecule has 2 aromatic rings. The van der Waals surface area contributed by atoms with Gasteiger partial charge in [0.2, 0.25) is 0 Å². The Morgan fingerprint density at radius 1 is 1.43 bits per heavy atom. The van der Waals surface area contributed by atoms with E-state index < -0.39 is 0 Å². The first kappa shape index (κ1) is 13.9. The lowest BCUT2D eigenvalue weighted by molar-refractivity contribution is 0.0472. The topological polar surface area (TPSA) is 51.7 Å². The molecule has 3 rings (SSSR count). The molecule has 0 radical (unpaired) electrons. The van der Waals surface area contributed by atoms with Crippen molar-refractivity contribution in [2.75, 3.05) is 19.7 Å². The quantitative estimate of drug-likeness (QED) is 0.870. The van der Waals surface area contributed by atoms with Gasteiger partial charge in [-0.3, -0.25) is 4.79 Å². The Morgan fingerprint density at radius 2 is 2.24 bits per heavy atom. The highest BCUT2D eigenvalue weighted by Gasteiger charge is 2.25. The van der Waals surface area contributed by atoms with Crippen molar-refractivity contribution in [2.45, 2.75) is 13.0 Å². The van der Waals surface area contributed by atoms with Crippen molar-refractivity contribution in [1.82, 2.24) is 9.88 Å². The number of aromatic nitrogens is 1. The van der Waals surface area contributed by atoms with Crippen LogP contribution in [0.2, 0.25) is 0 Å². The summed E-state index contributed by atoms with van der Waals surface area (Å²) in [5.41, 5.74) is 2.15. The molecule has 1 aromatic heterocycles. The van der Waals surface area contributed by atoms with Gasteiger partial charge in [0.15, 0.2) is 17.6 Å². The Balaban J connectivity index is 1.67. The summed E-state index contributed by atoms with van der Waals surface area (Å²) in [6.07, 6.45) is -0.164. The summed E-state index contributed by atoms with van der Waals surface area (Å²) < 4.78 is 11.6. The van der Waals surface area contributed by atoms with Crippen molar-refractivity contribution in [3.05, 3.63) is 40.8 Å². The maximum atomic E-state index is 12.3. The van der Waals surface area contributed by atoms with Crippen molar-refractivity contribution in [1.29, 1.82) is 0 Å². The Kier molecular flexibility index (Phi) is 4.06. The van der Waals surface area contributed by atoms with E-state index >= 15 is 0 Å². The normalized spacial score (nSPS) is 16.5. The number of carbonyl (C=O) groups excluding carboxylic acids is 1. The van der Waals surface area contributed by atoms with E-state index in [2.05, 4.69) is 4.98 Å². The van der Waals surface area contributed by atoms with Crippen LogP contribution in [-0.4, -0.2) is 41.6 Å². The number of ether oxygens (including phenoxy) is 2. The van der Waals surface area contributed by atoms with Gasteiger partial charge in [-0.05, 0) is 19.1 Å². The molecule has 1 aliphatic heterocycles. The van der Waals surface area contributed by atoms with Crippen molar-refractivity contribution in [3.8, 4) is 11.5 Å². The molecule has 0 saturated carbocycles. The zero-order chi connectivity index (χ0) is 14.7. The number of rotatable bonds is 4. The zero-order valence-corrected chi connectivity index (χ0v) is 12.5. The molecule has 21 heavy (non-hydrogen) atoms. The number of hydrogen-bond acceptors (Lipinski definition) is 5. The van der Waals surface area contributed by atoms with Gasteiger partial charge in [0.1, 0.15) is 12.3 Å². The lowest BCUT2D eigenvalue weighted by Crippen LogP contribution is -2.43. The number of likely N-dealkylation sites (N-methyl/N-ethyl adjacent to an activating group) is 1. The third-order valence-corrected chi connectivity index (χ3v) is 3.90. The predicted octanol–water partition coefficient (Wildman–Crippen LogP) is 2.45. The van der Waals surface area contributed by atoms with E-state index in [1.54, 1.807) is 15.8 Å². The van der Waals surface area contributed by atoms with Gasteiger partial charge in [-0.2, -0.15) is 0 Å². The standard InChI is InChI=1S/C15H16N2O3S/c1-2-17(15(18)12-9-21-10-16-12)7-11-8-19-13-5-3-4-6-14(13)20-11/h3-6,9-11H,2,7-8H2,1H3. The molecule has 0 N–H and O–H groups in total. The monoisotopic (exact) mass is 304 g/mol. The fraction of sp³-hybridized carbons (Fsp3) is 0.333. The van der Waals surface area contributed by atoms with Crippen LogP contribution in [0, 0.1) is 0 Å². The van der Waals surface area contributed by atoms with Crippen molar-refractivity contribution in [3.63, 3.8) is 0 Å². The van der Waals surface area contributed by atoms with Crippen LogP contribution in [0.1, 0.15) is 17.4 Å².